The fourth-order valence-electron chi connectivity index (χ4n) is 4.75. The van der Waals surface area contributed by atoms with Crippen LogP contribution >= 0.6 is 0 Å². The Hall–Kier alpha value is -2.20. The van der Waals surface area contributed by atoms with Gasteiger partial charge in [0.25, 0.3) is 0 Å². The van der Waals surface area contributed by atoms with Crippen molar-refractivity contribution in [2.75, 3.05) is 32.9 Å². The lowest BCUT2D eigenvalue weighted by atomic mass is 9.85. The minimum absolute atomic E-state index is 0.0127. The Morgan fingerprint density at radius 1 is 1.19 bits per heavy atom. The number of carbonyl (C=O) groups is 2. The molecule has 9 nitrogen and oxygen atoms in total. The smallest absolute Gasteiger partial charge is 0.410 e. The fourth-order valence-corrected chi connectivity index (χ4v) is 4.75. The molecular formula is C27H40N2O7. The Balaban J connectivity index is 1.12. The minimum Gasteiger partial charge on any atom is -0.442 e. The summed E-state index contributed by atoms with van der Waals surface area (Å²) < 4.78 is 28.7. The lowest BCUT2D eigenvalue weighted by Gasteiger charge is -2.38. The Bertz CT molecular complexity index is 875. The highest BCUT2D eigenvalue weighted by Crippen LogP contribution is 2.46. The van der Waals surface area contributed by atoms with Crippen LogP contribution in [-0.4, -0.2) is 85.6 Å². The highest BCUT2D eigenvalue weighted by atomic mass is 16.7. The van der Waals surface area contributed by atoms with Gasteiger partial charge in [0, 0.05) is 38.4 Å². The summed E-state index contributed by atoms with van der Waals surface area (Å²) in [4.78, 5) is 25.6. The predicted molar refractivity (Wildman–Crippen MR) is 133 cm³/mol. The van der Waals surface area contributed by atoms with Crippen molar-refractivity contribution in [3.63, 3.8) is 0 Å². The molecule has 0 aliphatic carbocycles. The zero-order chi connectivity index (χ0) is 25.8. The van der Waals surface area contributed by atoms with E-state index < -0.39 is 6.10 Å². The second-order valence-electron chi connectivity index (χ2n) is 10.9. The number of hydrogen-bond acceptors (Lipinski definition) is 7. The van der Waals surface area contributed by atoms with Crippen LogP contribution in [0.25, 0.3) is 0 Å². The number of hydrogen-bond donors (Lipinski definition) is 1. The molecule has 4 aliphatic rings. The van der Waals surface area contributed by atoms with Gasteiger partial charge in [0.2, 0.25) is 5.91 Å². The first kappa shape index (κ1) is 26.9. The fraction of sp³-hybridized carbons (Fsp3) is 0.704. The molecule has 4 saturated heterocycles. The van der Waals surface area contributed by atoms with Gasteiger partial charge in [-0.05, 0) is 40.2 Å². The third kappa shape index (κ3) is 7.90. The quantitative estimate of drug-likeness (QED) is 0.308. The van der Waals surface area contributed by atoms with Crippen molar-refractivity contribution in [1.29, 1.82) is 0 Å². The molecule has 0 radical (unpaired) electrons. The van der Waals surface area contributed by atoms with Crippen molar-refractivity contribution in [2.24, 2.45) is 0 Å². The molecule has 4 heterocycles. The van der Waals surface area contributed by atoms with E-state index in [0.29, 0.717) is 19.6 Å². The van der Waals surface area contributed by atoms with Gasteiger partial charge in [-0.1, -0.05) is 23.8 Å². The van der Waals surface area contributed by atoms with Crippen molar-refractivity contribution in [3.05, 3.63) is 36.0 Å². The summed E-state index contributed by atoms with van der Waals surface area (Å²) in [6.45, 7) is 11.1. The van der Waals surface area contributed by atoms with Crippen LogP contribution in [0.1, 0.15) is 53.4 Å². The number of allylic oxidation sites excluding steroid dienone is 2. The van der Waals surface area contributed by atoms with Crippen LogP contribution in [0.2, 0.25) is 0 Å². The van der Waals surface area contributed by atoms with Crippen LogP contribution in [0.4, 0.5) is 4.79 Å². The molecule has 0 aromatic carbocycles. The number of nitrogens with zero attached hydrogens (tertiary/aromatic N) is 1. The first-order valence-corrected chi connectivity index (χ1v) is 13.0. The number of ether oxygens (including phenoxy) is 5. The van der Waals surface area contributed by atoms with Crippen molar-refractivity contribution < 1.29 is 33.3 Å². The van der Waals surface area contributed by atoms with Gasteiger partial charge in [-0.2, -0.15) is 0 Å². The Labute approximate surface area is 213 Å². The van der Waals surface area contributed by atoms with Crippen molar-refractivity contribution >= 4 is 12.0 Å². The first-order chi connectivity index (χ1) is 17.1. The Kier molecular flexibility index (Phi) is 8.55. The van der Waals surface area contributed by atoms with Crippen molar-refractivity contribution in [1.82, 2.24) is 10.2 Å². The molecular weight excluding hydrogens is 464 g/mol. The SMILES string of the molecule is CC(/C=C/[C@@H]1C[C@]2(CO2)CC(C)(C)O1)=C\CC1OCC(NC(=O)/C=C\[C@H](C)OC(=O)N2CCC2)CO1. The number of amides is 2. The van der Waals surface area contributed by atoms with Crippen LogP contribution in [0.3, 0.4) is 0 Å². The zero-order valence-electron chi connectivity index (χ0n) is 21.9. The first-order valence-electron chi connectivity index (χ1n) is 13.0. The minimum atomic E-state index is -0.476. The van der Waals surface area contributed by atoms with Crippen LogP contribution in [0.5, 0.6) is 0 Å². The molecule has 2 amide bonds. The second-order valence-corrected chi connectivity index (χ2v) is 10.9. The Morgan fingerprint density at radius 3 is 2.56 bits per heavy atom. The van der Waals surface area contributed by atoms with Gasteiger partial charge < -0.3 is 33.9 Å². The summed E-state index contributed by atoms with van der Waals surface area (Å²) in [5.74, 6) is -0.273. The lowest BCUT2D eigenvalue weighted by Crippen LogP contribution is -2.46. The molecule has 4 rings (SSSR count). The predicted octanol–water partition coefficient (Wildman–Crippen LogP) is 3.25. The third-order valence-corrected chi connectivity index (χ3v) is 6.78. The summed E-state index contributed by atoms with van der Waals surface area (Å²) in [6.07, 6.45) is 11.6. The highest BCUT2D eigenvalue weighted by Gasteiger charge is 2.53. The van der Waals surface area contributed by atoms with Gasteiger partial charge in [-0.15, -0.1) is 0 Å². The summed E-state index contributed by atoms with van der Waals surface area (Å²) >= 11 is 0. The van der Waals surface area contributed by atoms with Gasteiger partial charge >= 0.3 is 6.09 Å². The molecule has 0 saturated carbocycles. The van der Waals surface area contributed by atoms with E-state index in [9.17, 15) is 9.59 Å². The summed E-state index contributed by atoms with van der Waals surface area (Å²) in [6, 6.07) is -0.230. The van der Waals surface area contributed by atoms with Crippen LogP contribution in [0.15, 0.2) is 36.0 Å². The van der Waals surface area contributed by atoms with E-state index in [1.165, 1.54) is 6.08 Å². The lowest BCUT2D eigenvalue weighted by molar-refractivity contribution is -0.187. The normalized spacial score (nSPS) is 32.9. The summed E-state index contributed by atoms with van der Waals surface area (Å²) in [7, 11) is 0. The molecule has 1 N–H and O–H groups in total. The van der Waals surface area contributed by atoms with Gasteiger partial charge in [-0.3, -0.25) is 4.79 Å². The number of nitrogens with one attached hydrogen (secondary N) is 1. The number of epoxide rings is 1. The molecule has 0 unspecified atom stereocenters. The largest absolute Gasteiger partial charge is 0.442 e. The Morgan fingerprint density at radius 2 is 1.92 bits per heavy atom. The molecule has 0 aromatic rings. The standard InChI is InChI=1S/C27H40N2O7/c1-19(6-9-22-14-27(18-34-27)17-26(3,4)36-22)7-11-24-32-15-21(16-33-24)28-23(30)10-8-20(2)35-25(31)29-12-5-13-29/h6-10,20-22,24H,5,11-18H2,1-4H3,(H,28,30)/b9-6+,10-8-,19-7+/t20-,21?,22+,24?,27+/m0/s1. The highest BCUT2D eigenvalue weighted by molar-refractivity contribution is 5.87. The van der Waals surface area contributed by atoms with Crippen molar-refractivity contribution in [2.45, 2.75) is 89.1 Å². The number of carbonyl (C=O) groups excluding carboxylic acids is 2. The van der Waals surface area contributed by atoms with E-state index in [1.54, 1.807) is 17.9 Å². The maximum atomic E-state index is 12.2. The topological polar surface area (TPSA) is 98.9 Å². The molecule has 9 heteroatoms. The van der Waals surface area contributed by atoms with E-state index in [2.05, 4.69) is 37.4 Å². The molecule has 1 spiro atoms. The van der Waals surface area contributed by atoms with E-state index >= 15 is 0 Å². The molecule has 200 valence electrons. The number of rotatable bonds is 8. The van der Waals surface area contributed by atoms with E-state index in [0.717, 1.165) is 44.5 Å². The molecule has 4 aliphatic heterocycles. The van der Waals surface area contributed by atoms with Crippen molar-refractivity contribution in [3.8, 4) is 0 Å². The second kappa shape index (κ2) is 11.5. The molecule has 0 bridgehead atoms. The van der Waals surface area contributed by atoms with Crippen LogP contribution < -0.4 is 5.32 Å². The van der Waals surface area contributed by atoms with Gasteiger partial charge in [-0.25, -0.2) is 4.79 Å². The maximum absolute atomic E-state index is 12.2. The van der Waals surface area contributed by atoms with Crippen LogP contribution in [0, 0.1) is 0 Å². The average molecular weight is 505 g/mol. The molecule has 4 fully saturated rings. The van der Waals surface area contributed by atoms with Gasteiger partial charge in [0.1, 0.15) is 6.10 Å². The molecule has 36 heavy (non-hydrogen) atoms. The van der Waals surface area contributed by atoms with Crippen LogP contribution in [-0.2, 0) is 28.5 Å². The summed E-state index contributed by atoms with van der Waals surface area (Å²) in [5, 5.41) is 2.86. The van der Waals surface area contributed by atoms with E-state index in [4.69, 9.17) is 23.7 Å². The molecule has 0 aromatic heterocycles. The van der Waals surface area contributed by atoms with E-state index in [1.807, 2.05) is 6.92 Å². The maximum Gasteiger partial charge on any atom is 0.410 e. The average Bonchev–Trinajstić information content (AvgIpc) is 3.50. The summed E-state index contributed by atoms with van der Waals surface area (Å²) in [5.41, 5.74) is 0.953. The van der Waals surface area contributed by atoms with Gasteiger partial charge in [0.15, 0.2) is 6.29 Å². The van der Waals surface area contributed by atoms with Gasteiger partial charge in [0.05, 0.1) is 43.2 Å². The monoisotopic (exact) mass is 504 g/mol. The number of likely N-dealkylation sites (tertiary alicyclic amines) is 1. The third-order valence-electron chi connectivity index (χ3n) is 6.78. The zero-order valence-corrected chi connectivity index (χ0v) is 21.9. The van der Waals surface area contributed by atoms with E-state index in [-0.39, 0.29) is 41.6 Å². The molecule has 3 atom stereocenters.